The van der Waals surface area contributed by atoms with E-state index < -0.39 is 36.9 Å². The Labute approximate surface area is 304 Å². The number of aromatic nitrogens is 3. The molecule has 1 aromatic heterocycles. The Kier molecular flexibility index (Phi) is 11.3. The highest BCUT2D eigenvalue weighted by molar-refractivity contribution is 5.90. The van der Waals surface area contributed by atoms with Crippen molar-refractivity contribution in [3.05, 3.63) is 143 Å². The van der Waals surface area contributed by atoms with Crippen molar-refractivity contribution in [2.45, 2.75) is 69.6 Å². The molecule has 0 atom stereocenters. The Hall–Kier alpha value is -5.85. The summed E-state index contributed by atoms with van der Waals surface area (Å²) in [6, 6.07) is 34.6. The molecule has 0 amide bonds. The molecule has 1 aliphatic carbocycles. The average molecular weight is 730 g/mol. The first-order chi connectivity index (χ1) is 25.5. The molecular weight excluding hydrogens is 691 g/mol. The van der Waals surface area contributed by atoms with Crippen LogP contribution < -0.4 is 9.47 Å². The number of halogens is 3. The molecule has 0 unspecified atom stereocenters. The second-order valence-electron chi connectivity index (χ2n) is 12.8. The van der Waals surface area contributed by atoms with E-state index in [1.54, 1.807) is 26.0 Å². The number of nitrogens with zero attached hydrogens (tertiary/aromatic N) is 3. The Bertz CT molecular complexity index is 1850. The molecule has 1 aliphatic rings. The van der Waals surface area contributed by atoms with Crippen molar-refractivity contribution in [3.8, 4) is 11.6 Å². The number of ether oxygens (including phenoxy) is 5. The fourth-order valence-electron chi connectivity index (χ4n) is 6.70. The van der Waals surface area contributed by atoms with Gasteiger partial charge in [-0.25, -0.2) is 14.3 Å². The van der Waals surface area contributed by atoms with Gasteiger partial charge in [0.05, 0.1) is 6.10 Å². The van der Waals surface area contributed by atoms with E-state index in [0.717, 1.165) is 22.3 Å². The van der Waals surface area contributed by atoms with Gasteiger partial charge >= 0.3 is 18.5 Å². The second kappa shape index (κ2) is 16.2. The van der Waals surface area contributed by atoms with Crippen molar-refractivity contribution in [2.24, 2.45) is 0 Å². The first-order valence-corrected chi connectivity index (χ1v) is 17.2. The molecule has 0 spiro atoms. The third-order valence-corrected chi connectivity index (χ3v) is 8.96. The van der Waals surface area contributed by atoms with Crippen LogP contribution in [0.15, 0.2) is 115 Å². The van der Waals surface area contributed by atoms with Gasteiger partial charge in [-0.3, -0.25) is 0 Å². The molecule has 0 radical (unpaired) electrons. The summed E-state index contributed by atoms with van der Waals surface area (Å²) >= 11 is 0. The molecule has 0 bridgehead atoms. The van der Waals surface area contributed by atoms with Gasteiger partial charge in [0.2, 0.25) is 12.5 Å². The molecule has 1 fully saturated rings. The van der Waals surface area contributed by atoms with Crippen molar-refractivity contribution in [1.29, 1.82) is 0 Å². The predicted molar refractivity (Wildman–Crippen MR) is 186 cm³/mol. The smallest absolute Gasteiger partial charge is 0.472 e. The number of alkyl halides is 3. The van der Waals surface area contributed by atoms with Crippen molar-refractivity contribution < 1.29 is 46.4 Å². The summed E-state index contributed by atoms with van der Waals surface area (Å²) in [6.07, 6.45) is -4.09. The van der Waals surface area contributed by atoms with Gasteiger partial charge < -0.3 is 23.7 Å². The van der Waals surface area contributed by atoms with Gasteiger partial charge in [0, 0.05) is 0 Å². The SMILES string of the molecule is CC(C)OC(=O)OCOC(=O)c1c(OC2CCC(c3ccc(OC(F)(F)F)cc3)CC2)nnn1C(c1ccccc1)(c1ccccc1)c1ccccc1. The highest BCUT2D eigenvalue weighted by Gasteiger charge is 2.44. The molecule has 4 aromatic carbocycles. The third kappa shape index (κ3) is 8.62. The van der Waals surface area contributed by atoms with Gasteiger partial charge in [-0.15, -0.1) is 13.2 Å². The normalized spacial score (nSPS) is 16.1. The van der Waals surface area contributed by atoms with Gasteiger partial charge in [0.25, 0.3) is 5.88 Å². The largest absolute Gasteiger partial charge is 0.573 e. The lowest BCUT2D eigenvalue weighted by molar-refractivity contribution is -0.274. The molecule has 1 heterocycles. The monoisotopic (exact) mass is 729 g/mol. The third-order valence-electron chi connectivity index (χ3n) is 8.96. The van der Waals surface area contributed by atoms with Gasteiger partial charge in [-0.2, -0.15) is 0 Å². The standard InChI is InChI=1S/C40H38F3N3O7/c1-27(2)51-38(48)50-26-49-37(47)35-36(52-33-22-18-28(19-23-33)29-20-24-34(25-21-29)53-40(41,42)43)44-45-46(35)39(30-12-6-3-7-13-30,31-14-8-4-9-15-31)32-16-10-5-11-17-32/h3-17,20-21,24-25,27-28,33H,18-19,22-23,26H2,1-2H3. The van der Waals surface area contributed by atoms with E-state index in [1.807, 2.05) is 91.0 Å². The predicted octanol–water partition coefficient (Wildman–Crippen LogP) is 8.80. The fourth-order valence-corrected chi connectivity index (χ4v) is 6.70. The summed E-state index contributed by atoms with van der Waals surface area (Å²) in [6.45, 7) is 2.59. The van der Waals surface area contributed by atoms with E-state index in [1.165, 1.54) is 16.8 Å². The van der Waals surface area contributed by atoms with E-state index in [-0.39, 0.29) is 29.3 Å². The molecule has 5 aromatic rings. The highest BCUT2D eigenvalue weighted by Crippen LogP contribution is 2.43. The van der Waals surface area contributed by atoms with Crippen molar-refractivity contribution in [2.75, 3.05) is 6.79 Å². The summed E-state index contributed by atoms with van der Waals surface area (Å²) in [7, 11) is 0. The molecule has 0 saturated heterocycles. The van der Waals surface area contributed by atoms with Crippen LogP contribution in [0.5, 0.6) is 11.6 Å². The van der Waals surface area contributed by atoms with Gasteiger partial charge in [0.1, 0.15) is 17.4 Å². The number of benzene rings is 4. The van der Waals surface area contributed by atoms with Crippen LogP contribution in [0.2, 0.25) is 0 Å². The number of carbonyl (C=O) groups is 2. The lowest BCUT2D eigenvalue weighted by Gasteiger charge is -2.36. The summed E-state index contributed by atoms with van der Waals surface area (Å²) in [4.78, 5) is 26.3. The number of hydrogen-bond acceptors (Lipinski definition) is 9. The lowest BCUT2D eigenvalue weighted by atomic mass is 9.77. The van der Waals surface area contributed by atoms with Crippen LogP contribution in [-0.2, 0) is 19.7 Å². The number of esters is 1. The fraction of sp³-hybridized carbons (Fsp3) is 0.300. The minimum absolute atomic E-state index is 0.0657. The van der Waals surface area contributed by atoms with E-state index in [9.17, 15) is 22.8 Å². The molecule has 6 rings (SSSR count). The Balaban J connectivity index is 1.35. The van der Waals surface area contributed by atoms with Crippen LogP contribution >= 0.6 is 0 Å². The van der Waals surface area contributed by atoms with Gasteiger partial charge in [-0.1, -0.05) is 113 Å². The molecule has 13 heteroatoms. The van der Waals surface area contributed by atoms with E-state index in [0.29, 0.717) is 25.7 Å². The maximum Gasteiger partial charge on any atom is 0.573 e. The zero-order valence-corrected chi connectivity index (χ0v) is 29.1. The summed E-state index contributed by atoms with van der Waals surface area (Å²) in [5.41, 5.74) is 1.85. The molecule has 0 aliphatic heterocycles. The van der Waals surface area contributed by atoms with Crippen molar-refractivity contribution in [3.63, 3.8) is 0 Å². The zero-order valence-electron chi connectivity index (χ0n) is 29.1. The van der Waals surface area contributed by atoms with Crippen LogP contribution in [-0.4, -0.2) is 52.5 Å². The summed E-state index contributed by atoms with van der Waals surface area (Å²) in [5, 5.41) is 9.02. The van der Waals surface area contributed by atoms with E-state index in [2.05, 4.69) is 15.0 Å². The van der Waals surface area contributed by atoms with E-state index in [4.69, 9.17) is 18.9 Å². The first kappa shape index (κ1) is 36.9. The van der Waals surface area contributed by atoms with Crippen molar-refractivity contribution >= 4 is 12.1 Å². The Morgan fingerprint density at radius 3 is 1.77 bits per heavy atom. The zero-order chi connectivity index (χ0) is 37.4. The van der Waals surface area contributed by atoms with Crippen LogP contribution in [0.3, 0.4) is 0 Å². The number of hydrogen-bond donors (Lipinski definition) is 0. The topological polar surface area (TPSA) is 111 Å². The highest BCUT2D eigenvalue weighted by atomic mass is 19.4. The maximum absolute atomic E-state index is 14.2. The molecule has 53 heavy (non-hydrogen) atoms. The van der Waals surface area contributed by atoms with Crippen LogP contribution in [0.25, 0.3) is 0 Å². The maximum atomic E-state index is 14.2. The van der Waals surface area contributed by atoms with Crippen LogP contribution in [0, 0.1) is 0 Å². The van der Waals surface area contributed by atoms with Gasteiger partial charge in [-0.05, 0) is 79.8 Å². The molecule has 1 saturated carbocycles. The first-order valence-electron chi connectivity index (χ1n) is 17.2. The Morgan fingerprint density at radius 2 is 1.28 bits per heavy atom. The van der Waals surface area contributed by atoms with E-state index >= 15 is 0 Å². The van der Waals surface area contributed by atoms with Crippen LogP contribution in [0.1, 0.15) is 78.2 Å². The Morgan fingerprint density at radius 1 is 0.755 bits per heavy atom. The molecular formula is C40H38F3N3O7. The van der Waals surface area contributed by atoms with Gasteiger partial charge in [0.15, 0.2) is 0 Å². The minimum atomic E-state index is -4.76. The van der Waals surface area contributed by atoms with Crippen molar-refractivity contribution in [1.82, 2.24) is 15.0 Å². The quantitative estimate of drug-likeness (QED) is 0.0707. The molecule has 276 valence electrons. The number of rotatable bonds is 12. The summed E-state index contributed by atoms with van der Waals surface area (Å²) < 4.78 is 65.5. The minimum Gasteiger partial charge on any atom is -0.472 e. The second-order valence-corrected chi connectivity index (χ2v) is 12.8. The average Bonchev–Trinajstić information content (AvgIpc) is 3.56. The van der Waals surface area contributed by atoms with Crippen LogP contribution in [0.4, 0.5) is 18.0 Å². The number of carbonyl (C=O) groups excluding carboxylic acids is 2. The lowest BCUT2D eigenvalue weighted by Crippen LogP contribution is -2.41. The molecule has 10 nitrogen and oxygen atoms in total. The summed E-state index contributed by atoms with van der Waals surface area (Å²) in [5.74, 6) is -1.16. The molecule has 0 N–H and O–H groups in total.